The third-order valence-corrected chi connectivity index (χ3v) is 4.50. The van der Waals surface area contributed by atoms with E-state index in [1.165, 1.54) is 25.3 Å². The second kappa shape index (κ2) is 6.75. The Balaban J connectivity index is 2.43. The van der Waals surface area contributed by atoms with Crippen molar-refractivity contribution in [2.75, 3.05) is 7.11 Å². The van der Waals surface area contributed by atoms with Crippen molar-refractivity contribution in [2.45, 2.75) is 6.18 Å². The summed E-state index contributed by atoms with van der Waals surface area (Å²) >= 11 is 6.11. The summed E-state index contributed by atoms with van der Waals surface area (Å²) in [4.78, 5) is 23.2. The highest BCUT2D eigenvalue weighted by Crippen LogP contribution is 2.44. The fourth-order valence-corrected chi connectivity index (χ4v) is 3.28. The van der Waals surface area contributed by atoms with Gasteiger partial charge in [-0.15, -0.1) is 0 Å². The number of fused-ring (bicyclic) bond motifs is 1. The van der Waals surface area contributed by atoms with E-state index in [2.05, 4.69) is 0 Å². The second-order valence-corrected chi connectivity index (χ2v) is 6.28. The third-order valence-electron chi connectivity index (χ3n) is 4.20. The van der Waals surface area contributed by atoms with E-state index in [4.69, 9.17) is 27.8 Å². The standard InChI is InChI=1S/C18H13ClF3N3O3/c1-28-9-2-3-10-11(7-25(17(24)27)14(10)6-9)15-12(18(20,21)22)4-8(16(23)26)5-13(15)19/h2-7H,1H3,(H2,23,26)(H2,24,27). The summed E-state index contributed by atoms with van der Waals surface area (Å²) < 4.78 is 47.2. The first-order valence-corrected chi connectivity index (χ1v) is 8.12. The molecule has 28 heavy (non-hydrogen) atoms. The number of nitrogens with zero attached hydrogens (tertiary/aromatic N) is 1. The number of carbonyl (C=O) groups is 2. The SMILES string of the molecule is COc1ccc2c(-c3c(Cl)cc(C(N)=O)cc3C(F)(F)F)cn(C(N)=O)c2c1. The van der Waals surface area contributed by atoms with Crippen LogP contribution in [0.25, 0.3) is 22.0 Å². The average molecular weight is 412 g/mol. The summed E-state index contributed by atoms with van der Waals surface area (Å²) in [6, 6.07) is 5.24. The number of ether oxygens (including phenoxy) is 1. The van der Waals surface area contributed by atoms with Gasteiger partial charge in [-0.05, 0) is 24.3 Å². The lowest BCUT2D eigenvalue weighted by Gasteiger charge is -2.15. The molecule has 3 rings (SSSR count). The van der Waals surface area contributed by atoms with Gasteiger partial charge in [0, 0.05) is 39.4 Å². The lowest BCUT2D eigenvalue weighted by Crippen LogP contribution is -2.18. The third kappa shape index (κ3) is 3.24. The molecule has 2 amide bonds. The molecule has 10 heteroatoms. The van der Waals surface area contributed by atoms with E-state index in [0.717, 1.165) is 16.8 Å². The lowest BCUT2D eigenvalue weighted by molar-refractivity contribution is -0.137. The summed E-state index contributed by atoms with van der Waals surface area (Å²) in [5.74, 6) is -0.672. The number of benzene rings is 2. The maximum absolute atomic E-state index is 13.7. The molecule has 2 aromatic carbocycles. The smallest absolute Gasteiger partial charge is 0.417 e. The van der Waals surface area contributed by atoms with E-state index in [0.29, 0.717) is 17.2 Å². The first-order valence-electron chi connectivity index (χ1n) is 7.74. The summed E-state index contributed by atoms with van der Waals surface area (Å²) in [7, 11) is 1.40. The highest BCUT2D eigenvalue weighted by Gasteiger charge is 2.36. The zero-order valence-electron chi connectivity index (χ0n) is 14.3. The number of hydrogen-bond acceptors (Lipinski definition) is 3. The zero-order valence-corrected chi connectivity index (χ0v) is 15.1. The second-order valence-electron chi connectivity index (χ2n) is 5.88. The average Bonchev–Trinajstić information content (AvgIpc) is 2.98. The van der Waals surface area contributed by atoms with Gasteiger partial charge in [0.1, 0.15) is 5.75 Å². The minimum Gasteiger partial charge on any atom is -0.497 e. The molecule has 0 unspecified atom stereocenters. The van der Waals surface area contributed by atoms with Crippen molar-refractivity contribution in [1.82, 2.24) is 4.57 Å². The van der Waals surface area contributed by atoms with Gasteiger partial charge in [-0.25, -0.2) is 4.79 Å². The Kier molecular flexibility index (Phi) is 4.72. The van der Waals surface area contributed by atoms with Crippen LogP contribution in [0.15, 0.2) is 36.5 Å². The van der Waals surface area contributed by atoms with E-state index in [-0.39, 0.29) is 21.7 Å². The Bertz CT molecular complexity index is 1120. The van der Waals surface area contributed by atoms with Crippen LogP contribution in [0, 0.1) is 0 Å². The minimum absolute atomic E-state index is 0.0183. The van der Waals surface area contributed by atoms with Crippen LogP contribution >= 0.6 is 11.6 Å². The van der Waals surface area contributed by atoms with Gasteiger partial charge in [0.05, 0.1) is 18.2 Å². The predicted molar refractivity (Wildman–Crippen MR) is 97.4 cm³/mol. The van der Waals surface area contributed by atoms with Crippen molar-refractivity contribution >= 4 is 34.4 Å². The summed E-state index contributed by atoms with van der Waals surface area (Å²) in [5, 5.41) is -0.0539. The van der Waals surface area contributed by atoms with Gasteiger partial charge in [-0.1, -0.05) is 11.6 Å². The maximum atomic E-state index is 13.7. The molecule has 1 heterocycles. The van der Waals surface area contributed by atoms with Crippen molar-refractivity contribution in [3.8, 4) is 16.9 Å². The molecule has 0 saturated carbocycles. The maximum Gasteiger partial charge on any atom is 0.417 e. The Labute approximate surface area is 161 Å². The Morgan fingerprint density at radius 1 is 1.14 bits per heavy atom. The first kappa shape index (κ1) is 19.6. The topological polar surface area (TPSA) is 100 Å². The molecule has 0 aliphatic rings. The normalized spacial score (nSPS) is 11.6. The van der Waals surface area contributed by atoms with Crippen LogP contribution in [0.1, 0.15) is 15.9 Å². The van der Waals surface area contributed by atoms with Crippen LogP contribution in [0.5, 0.6) is 5.75 Å². The molecule has 0 saturated heterocycles. The van der Waals surface area contributed by atoms with Gasteiger partial charge in [-0.3, -0.25) is 9.36 Å². The van der Waals surface area contributed by atoms with Gasteiger partial charge in [-0.2, -0.15) is 13.2 Å². The number of methoxy groups -OCH3 is 1. The van der Waals surface area contributed by atoms with Gasteiger partial charge in [0.2, 0.25) is 5.91 Å². The molecule has 0 atom stereocenters. The minimum atomic E-state index is -4.84. The number of rotatable bonds is 3. The van der Waals surface area contributed by atoms with Crippen molar-refractivity contribution in [2.24, 2.45) is 11.5 Å². The van der Waals surface area contributed by atoms with Crippen LogP contribution in [-0.4, -0.2) is 23.6 Å². The number of alkyl halides is 3. The van der Waals surface area contributed by atoms with Crippen LogP contribution < -0.4 is 16.2 Å². The predicted octanol–water partition coefficient (Wildman–Crippen LogP) is 4.01. The number of amides is 2. The Hall–Kier alpha value is -3.20. The monoisotopic (exact) mass is 411 g/mol. The van der Waals surface area contributed by atoms with Gasteiger partial charge < -0.3 is 16.2 Å². The molecule has 6 nitrogen and oxygen atoms in total. The highest BCUT2D eigenvalue weighted by atomic mass is 35.5. The Morgan fingerprint density at radius 2 is 1.82 bits per heavy atom. The summed E-state index contributed by atoms with van der Waals surface area (Å²) in [6.07, 6.45) is -3.68. The van der Waals surface area contributed by atoms with Crippen LogP contribution in [0.4, 0.5) is 18.0 Å². The quantitative estimate of drug-likeness (QED) is 0.680. The number of primary amides is 2. The van der Waals surface area contributed by atoms with E-state index in [1.807, 2.05) is 0 Å². The molecule has 0 aliphatic carbocycles. The van der Waals surface area contributed by atoms with Crippen LogP contribution in [0.3, 0.4) is 0 Å². The van der Waals surface area contributed by atoms with E-state index >= 15 is 0 Å². The summed E-state index contributed by atoms with van der Waals surface area (Å²) in [6.45, 7) is 0. The number of hydrogen-bond donors (Lipinski definition) is 2. The molecule has 4 N–H and O–H groups in total. The molecule has 146 valence electrons. The van der Waals surface area contributed by atoms with Crippen LogP contribution in [0.2, 0.25) is 5.02 Å². The largest absolute Gasteiger partial charge is 0.497 e. The first-order chi connectivity index (χ1) is 13.0. The van der Waals surface area contributed by atoms with Gasteiger partial charge in [0.25, 0.3) is 0 Å². The Morgan fingerprint density at radius 3 is 2.36 bits per heavy atom. The van der Waals surface area contributed by atoms with Crippen LogP contribution in [-0.2, 0) is 6.18 Å². The van der Waals surface area contributed by atoms with Crippen molar-refractivity contribution in [3.05, 3.63) is 52.7 Å². The molecule has 0 radical (unpaired) electrons. The summed E-state index contributed by atoms with van der Waals surface area (Å²) in [5.41, 5.74) is 8.78. The molecule has 0 spiro atoms. The van der Waals surface area contributed by atoms with Crippen molar-refractivity contribution in [3.63, 3.8) is 0 Å². The molecule has 3 aromatic rings. The lowest BCUT2D eigenvalue weighted by atomic mass is 9.96. The molecular weight excluding hydrogens is 399 g/mol. The number of carbonyl (C=O) groups excluding carboxylic acids is 2. The van der Waals surface area contributed by atoms with E-state index in [9.17, 15) is 22.8 Å². The number of aromatic nitrogens is 1. The highest BCUT2D eigenvalue weighted by molar-refractivity contribution is 6.34. The van der Waals surface area contributed by atoms with E-state index in [1.54, 1.807) is 0 Å². The fraction of sp³-hybridized carbons (Fsp3) is 0.111. The van der Waals surface area contributed by atoms with Crippen molar-refractivity contribution < 1.29 is 27.5 Å². The van der Waals surface area contributed by atoms with Crippen molar-refractivity contribution in [1.29, 1.82) is 0 Å². The van der Waals surface area contributed by atoms with E-state index < -0.39 is 29.2 Å². The zero-order chi connectivity index (χ0) is 20.8. The van der Waals surface area contributed by atoms with Gasteiger partial charge >= 0.3 is 12.2 Å². The molecule has 0 bridgehead atoms. The van der Waals surface area contributed by atoms with Gasteiger partial charge in [0.15, 0.2) is 0 Å². The molecule has 0 fully saturated rings. The fourth-order valence-electron chi connectivity index (χ4n) is 2.96. The molecule has 1 aromatic heterocycles. The molecular formula is C18H13ClF3N3O3. The molecule has 0 aliphatic heterocycles. The number of halogens is 4. The number of nitrogens with two attached hydrogens (primary N) is 2.